The molecule has 2 N–H and O–H groups in total. The van der Waals surface area contributed by atoms with Crippen LogP contribution in [0.3, 0.4) is 0 Å². The summed E-state index contributed by atoms with van der Waals surface area (Å²) in [4.78, 5) is 33.4. The van der Waals surface area contributed by atoms with Crippen LogP contribution in [0.2, 0.25) is 0 Å². The average molecular weight is 293 g/mol. The van der Waals surface area contributed by atoms with Gasteiger partial charge < -0.3 is 20.0 Å². The van der Waals surface area contributed by atoms with Crippen molar-refractivity contribution in [2.24, 2.45) is 0 Å². The molecule has 0 aromatic heterocycles. The van der Waals surface area contributed by atoms with Crippen LogP contribution < -0.4 is 5.32 Å². The van der Waals surface area contributed by atoms with Crippen LogP contribution in [-0.4, -0.2) is 35.4 Å². The molecule has 114 valence electrons. The zero-order chi connectivity index (χ0) is 15.7. The molecule has 6 heteroatoms. The third kappa shape index (κ3) is 7.22. The molecule has 0 aliphatic rings. The molecule has 1 rings (SSSR count). The highest BCUT2D eigenvalue weighted by Crippen LogP contribution is 2.01. The number of amides is 1. The Labute approximate surface area is 123 Å². The summed E-state index contributed by atoms with van der Waals surface area (Å²) in [5, 5.41) is 11.3. The van der Waals surface area contributed by atoms with Crippen molar-refractivity contribution in [2.75, 3.05) is 6.61 Å². The number of hydrogen-bond acceptors (Lipinski definition) is 4. The van der Waals surface area contributed by atoms with Gasteiger partial charge in [0.1, 0.15) is 18.4 Å². The number of carbonyl (C=O) groups excluding carboxylic acids is 2. The lowest BCUT2D eigenvalue weighted by Gasteiger charge is -2.13. The maximum absolute atomic E-state index is 11.6. The number of aliphatic carboxylic acids is 1. The van der Waals surface area contributed by atoms with Crippen molar-refractivity contribution in [3.05, 3.63) is 35.9 Å². The van der Waals surface area contributed by atoms with Crippen LogP contribution in [0.25, 0.3) is 0 Å². The Hall–Kier alpha value is -2.21. The molecule has 1 amide bonds. The fraction of sp³-hybridized carbons (Fsp3) is 0.400. The first-order chi connectivity index (χ1) is 9.99. The van der Waals surface area contributed by atoms with E-state index >= 15 is 0 Å². The van der Waals surface area contributed by atoms with Crippen LogP contribution in [0.15, 0.2) is 30.3 Å². The van der Waals surface area contributed by atoms with Gasteiger partial charge in [0.25, 0.3) is 0 Å². The van der Waals surface area contributed by atoms with Crippen LogP contribution in [-0.2, 0) is 25.7 Å². The minimum absolute atomic E-state index is 0.0785. The maximum atomic E-state index is 11.6. The van der Waals surface area contributed by atoms with Gasteiger partial charge >= 0.3 is 5.97 Å². The summed E-state index contributed by atoms with van der Waals surface area (Å²) in [5.41, 5.74) is 0.927. The Morgan fingerprint density at radius 3 is 2.48 bits per heavy atom. The summed E-state index contributed by atoms with van der Waals surface area (Å²) in [6.45, 7) is 1.43. The van der Waals surface area contributed by atoms with Crippen LogP contribution >= 0.6 is 0 Å². The molecule has 1 atom stereocenters. The highest BCUT2D eigenvalue weighted by molar-refractivity contribution is 5.85. The van der Waals surface area contributed by atoms with Gasteiger partial charge in [0.15, 0.2) is 0 Å². The van der Waals surface area contributed by atoms with Crippen molar-refractivity contribution in [3.63, 3.8) is 0 Å². The lowest BCUT2D eigenvalue weighted by Crippen LogP contribution is -2.42. The fourth-order valence-electron chi connectivity index (χ4n) is 1.68. The second-order valence-electron chi connectivity index (χ2n) is 4.68. The zero-order valence-electron chi connectivity index (χ0n) is 11.9. The summed E-state index contributed by atoms with van der Waals surface area (Å²) in [5.74, 6) is -1.79. The van der Waals surface area contributed by atoms with Gasteiger partial charge in [-0.2, -0.15) is 0 Å². The van der Waals surface area contributed by atoms with E-state index in [9.17, 15) is 14.4 Å². The van der Waals surface area contributed by atoms with E-state index in [0.717, 1.165) is 5.56 Å². The first-order valence-electron chi connectivity index (χ1n) is 6.62. The van der Waals surface area contributed by atoms with Crippen molar-refractivity contribution >= 4 is 17.7 Å². The number of ketones is 1. The molecule has 0 bridgehead atoms. The number of benzene rings is 1. The third-order valence-corrected chi connectivity index (χ3v) is 2.76. The zero-order valence-corrected chi connectivity index (χ0v) is 11.9. The van der Waals surface area contributed by atoms with Gasteiger partial charge in [-0.05, 0) is 18.9 Å². The maximum Gasteiger partial charge on any atom is 0.326 e. The van der Waals surface area contributed by atoms with Crippen molar-refractivity contribution in [1.29, 1.82) is 0 Å². The largest absolute Gasteiger partial charge is 0.480 e. The highest BCUT2D eigenvalue weighted by Gasteiger charge is 2.20. The number of rotatable bonds is 9. The second-order valence-corrected chi connectivity index (χ2v) is 4.68. The standard InChI is InChI=1S/C15H19NO5/c1-11(17)7-8-13(15(19)20)16-14(18)10-21-9-12-5-3-2-4-6-12/h2-6,13H,7-10H2,1H3,(H,16,18)(H,19,20)/t13-/m0/s1. The van der Waals surface area contributed by atoms with E-state index in [4.69, 9.17) is 9.84 Å². The Kier molecular flexibility index (Phi) is 7.11. The lowest BCUT2D eigenvalue weighted by atomic mass is 10.1. The lowest BCUT2D eigenvalue weighted by molar-refractivity contribution is -0.143. The van der Waals surface area contributed by atoms with Crippen molar-refractivity contribution < 1.29 is 24.2 Å². The van der Waals surface area contributed by atoms with Gasteiger partial charge in [0.05, 0.1) is 6.61 Å². The number of carboxylic acids is 1. The van der Waals surface area contributed by atoms with Gasteiger partial charge in [-0.1, -0.05) is 30.3 Å². The number of ether oxygens (including phenoxy) is 1. The summed E-state index contributed by atoms with van der Waals surface area (Å²) < 4.78 is 5.22. The van der Waals surface area contributed by atoms with Crippen LogP contribution in [0, 0.1) is 0 Å². The van der Waals surface area contributed by atoms with E-state index in [0.29, 0.717) is 0 Å². The molecule has 21 heavy (non-hydrogen) atoms. The number of hydrogen-bond donors (Lipinski definition) is 2. The molecular weight excluding hydrogens is 274 g/mol. The van der Waals surface area contributed by atoms with Crippen molar-refractivity contribution in [2.45, 2.75) is 32.4 Å². The number of nitrogens with one attached hydrogen (secondary N) is 1. The van der Waals surface area contributed by atoms with E-state index in [2.05, 4.69) is 5.32 Å². The molecule has 0 aliphatic carbocycles. The van der Waals surface area contributed by atoms with Gasteiger partial charge in [-0.3, -0.25) is 4.79 Å². The molecule has 0 saturated heterocycles. The fourth-order valence-corrected chi connectivity index (χ4v) is 1.68. The van der Waals surface area contributed by atoms with Crippen molar-refractivity contribution in [3.8, 4) is 0 Å². The minimum atomic E-state index is -1.16. The predicted molar refractivity (Wildman–Crippen MR) is 75.6 cm³/mol. The van der Waals surface area contributed by atoms with Gasteiger partial charge in [0, 0.05) is 6.42 Å². The van der Waals surface area contributed by atoms with Crippen molar-refractivity contribution in [1.82, 2.24) is 5.32 Å². The monoisotopic (exact) mass is 293 g/mol. The molecule has 0 fully saturated rings. The Morgan fingerprint density at radius 2 is 1.90 bits per heavy atom. The van der Waals surface area contributed by atoms with E-state index in [1.165, 1.54) is 6.92 Å². The SMILES string of the molecule is CC(=O)CC[C@H](NC(=O)COCc1ccccc1)C(=O)O. The Balaban J connectivity index is 2.33. The summed E-state index contributed by atoms with van der Waals surface area (Å²) in [6, 6.07) is 8.27. The van der Waals surface area contributed by atoms with E-state index in [1.807, 2.05) is 30.3 Å². The number of Topliss-reactive ketones (excluding diaryl/α,β-unsaturated/α-hetero) is 1. The molecule has 0 saturated carbocycles. The first kappa shape index (κ1) is 16.8. The molecule has 0 unspecified atom stereocenters. The molecular formula is C15H19NO5. The molecule has 0 heterocycles. The smallest absolute Gasteiger partial charge is 0.326 e. The number of carbonyl (C=O) groups is 3. The second kappa shape index (κ2) is 8.86. The Bertz CT molecular complexity index is 486. The van der Waals surface area contributed by atoms with Gasteiger partial charge in [-0.15, -0.1) is 0 Å². The van der Waals surface area contributed by atoms with E-state index in [1.54, 1.807) is 0 Å². The summed E-state index contributed by atoms with van der Waals surface area (Å²) in [6.07, 6.45) is 0.192. The molecule has 6 nitrogen and oxygen atoms in total. The normalized spacial score (nSPS) is 11.7. The molecule has 0 spiro atoms. The average Bonchev–Trinajstić information content (AvgIpc) is 2.44. The predicted octanol–water partition coefficient (Wildman–Crippen LogP) is 1.14. The van der Waals surface area contributed by atoms with Crippen LogP contribution in [0.4, 0.5) is 0 Å². The summed E-state index contributed by atoms with van der Waals surface area (Å²) in [7, 11) is 0. The first-order valence-corrected chi connectivity index (χ1v) is 6.62. The topological polar surface area (TPSA) is 92.7 Å². The third-order valence-electron chi connectivity index (χ3n) is 2.76. The molecule has 1 aromatic carbocycles. The minimum Gasteiger partial charge on any atom is -0.480 e. The van der Waals surface area contributed by atoms with E-state index < -0.39 is 17.9 Å². The van der Waals surface area contributed by atoms with E-state index in [-0.39, 0.29) is 31.8 Å². The summed E-state index contributed by atoms with van der Waals surface area (Å²) >= 11 is 0. The Morgan fingerprint density at radius 1 is 1.24 bits per heavy atom. The van der Waals surface area contributed by atoms with Gasteiger partial charge in [0.2, 0.25) is 5.91 Å². The number of carboxylic acid groups (broad SMARTS) is 1. The van der Waals surface area contributed by atoms with Crippen LogP contribution in [0.1, 0.15) is 25.3 Å². The quantitative estimate of drug-likeness (QED) is 0.712. The molecule has 0 aliphatic heterocycles. The van der Waals surface area contributed by atoms with Crippen LogP contribution in [0.5, 0.6) is 0 Å². The van der Waals surface area contributed by atoms with Gasteiger partial charge in [-0.25, -0.2) is 4.79 Å². The molecule has 1 aromatic rings. The highest BCUT2D eigenvalue weighted by atomic mass is 16.5. The molecule has 0 radical (unpaired) electrons.